The lowest BCUT2D eigenvalue weighted by Crippen LogP contribution is -2.29. The molecule has 18 heavy (non-hydrogen) atoms. The van der Waals surface area contributed by atoms with Gasteiger partial charge in [-0.05, 0) is 43.9 Å². The van der Waals surface area contributed by atoms with Gasteiger partial charge in [-0.3, -0.25) is 15.1 Å². The molecule has 1 aliphatic carbocycles. The predicted molar refractivity (Wildman–Crippen MR) is 74.3 cm³/mol. The molecule has 2 rings (SSSR count). The van der Waals surface area contributed by atoms with Crippen LogP contribution in [0.15, 0.2) is 12.1 Å². The number of nitrogens with one attached hydrogen (secondary N) is 1. The number of nitrogen functional groups attached to an aromatic ring is 1. The minimum Gasteiger partial charge on any atom is -0.298 e. The molecule has 1 aromatic heterocycles. The monoisotopic (exact) mass is 267 g/mol. The van der Waals surface area contributed by atoms with Gasteiger partial charge in [0.25, 0.3) is 5.91 Å². The maximum absolute atomic E-state index is 11.4. The van der Waals surface area contributed by atoms with E-state index in [2.05, 4.69) is 17.2 Å². The van der Waals surface area contributed by atoms with Crippen LogP contribution in [0.1, 0.15) is 40.7 Å². The lowest BCUT2D eigenvalue weighted by Gasteiger charge is -2.20. The largest absolute Gasteiger partial charge is 0.298 e. The second-order valence-corrected chi connectivity index (χ2v) is 6.09. The van der Waals surface area contributed by atoms with Gasteiger partial charge in [0.15, 0.2) is 0 Å². The fourth-order valence-electron chi connectivity index (χ4n) is 2.09. The molecular formula is C13H21N3OS. The summed E-state index contributed by atoms with van der Waals surface area (Å²) < 4.78 is 0. The first-order valence-corrected chi connectivity index (χ1v) is 7.36. The first-order valence-electron chi connectivity index (χ1n) is 6.55. The first-order chi connectivity index (χ1) is 8.72. The maximum atomic E-state index is 11.4. The van der Waals surface area contributed by atoms with Crippen molar-refractivity contribution in [2.24, 2.45) is 11.8 Å². The smallest absolute Gasteiger partial charge is 0.275 e. The number of hydrogen-bond donors (Lipinski definition) is 2. The van der Waals surface area contributed by atoms with Gasteiger partial charge in [0, 0.05) is 18.0 Å². The summed E-state index contributed by atoms with van der Waals surface area (Å²) in [7, 11) is 0. The third-order valence-corrected chi connectivity index (χ3v) is 4.22. The van der Waals surface area contributed by atoms with Crippen molar-refractivity contribution in [2.45, 2.75) is 32.7 Å². The maximum Gasteiger partial charge on any atom is 0.275 e. The van der Waals surface area contributed by atoms with E-state index in [1.165, 1.54) is 42.0 Å². The van der Waals surface area contributed by atoms with E-state index in [-0.39, 0.29) is 5.91 Å². The standard InChI is InChI=1S/C13H21N3OS/c1-2-7-16(8-10-3-4-10)9-11-5-6-12(18-11)13(17)15-14/h5-6,10H,2-4,7-9,14H2,1H3,(H,15,17). The van der Waals surface area contributed by atoms with E-state index in [0.717, 1.165) is 19.0 Å². The molecule has 0 aromatic carbocycles. The highest BCUT2D eigenvalue weighted by Crippen LogP contribution is 2.30. The molecular weight excluding hydrogens is 246 g/mol. The van der Waals surface area contributed by atoms with E-state index in [4.69, 9.17) is 5.84 Å². The number of thiophene rings is 1. The number of hydrogen-bond acceptors (Lipinski definition) is 4. The number of amides is 1. The molecule has 100 valence electrons. The van der Waals surface area contributed by atoms with Gasteiger partial charge in [-0.25, -0.2) is 5.84 Å². The van der Waals surface area contributed by atoms with Crippen LogP contribution in [0.4, 0.5) is 0 Å². The number of carbonyl (C=O) groups is 1. The van der Waals surface area contributed by atoms with E-state index in [1.807, 2.05) is 12.1 Å². The zero-order valence-corrected chi connectivity index (χ0v) is 11.6. The molecule has 0 spiro atoms. The summed E-state index contributed by atoms with van der Waals surface area (Å²) in [6.45, 7) is 5.49. The van der Waals surface area contributed by atoms with Gasteiger partial charge < -0.3 is 0 Å². The van der Waals surface area contributed by atoms with Gasteiger partial charge in [0.1, 0.15) is 0 Å². The van der Waals surface area contributed by atoms with Crippen molar-refractivity contribution in [2.75, 3.05) is 13.1 Å². The van der Waals surface area contributed by atoms with E-state index in [1.54, 1.807) is 0 Å². The van der Waals surface area contributed by atoms with Crippen LogP contribution in [0.5, 0.6) is 0 Å². The van der Waals surface area contributed by atoms with Crippen molar-refractivity contribution >= 4 is 17.2 Å². The van der Waals surface area contributed by atoms with Crippen LogP contribution >= 0.6 is 11.3 Å². The second-order valence-electron chi connectivity index (χ2n) is 4.92. The van der Waals surface area contributed by atoms with Crippen molar-refractivity contribution < 1.29 is 4.79 Å². The zero-order chi connectivity index (χ0) is 13.0. The summed E-state index contributed by atoms with van der Waals surface area (Å²) in [5, 5.41) is 0. The summed E-state index contributed by atoms with van der Waals surface area (Å²) >= 11 is 1.53. The molecule has 1 amide bonds. The number of carbonyl (C=O) groups excluding carboxylic acids is 1. The van der Waals surface area contributed by atoms with Crippen LogP contribution in [-0.2, 0) is 6.54 Å². The highest BCUT2D eigenvalue weighted by molar-refractivity contribution is 7.14. The molecule has 1 saturated carbocycles. The third-order valence-electron chi connectivity index (χ3n) is 3.15. The molecule has 0 unspecified atom stereocenters. The van der Waals surface area contributed by atoms with Crippen molar-refractivity contribution in [1.82, 2.24) is 10.3 Å². The average Bonchev–Trinajstić information content (AvgIpc) is 3.05. The minimum absolute atomic E-state index is 0.199. The van der Waals surface area contributed by atoms with Crippen LogP contribution in [0, 0.1) is 5.92 Å². The molecule has 0 aliphatic heterocycles. The Kier molecular flexibility index (Phi) is 4.74. The van der Waals surface area contributed by atoms with E-state index in [9.17, 15) is 4.79 Å². The minimum atomic E-state index is -0.199. The van der Waals surface area contributed by atoms with Gasteiger partial charge >= 0.3 is 0 Å². The van der Waals surface area contributed by atoms with Crippen LogP contribution in [0.2, 0.25) is 0 Å². The highest BCUT2D eigenvalue weighted by atomic mass is 32.1. The quantitative estimate of drug-likeness (QED) is 0.451. The van der Waals surface area contributed by atoms with Gasteiger partial charge in [-0.15, -0.1) is 11.3 Å². The Morgan fingerprint density at radius 3 is 2.94 bits per heavy atom. The van der Waals surface area contributed by atoms with Crippen LogP contribution in [-0.4, -0.2) is 23.9 Å². The van der Waals surface area contributed by atoms with E-state index < -0.39 is 0 Å². The van der Waals surface area contributed by atoms with Crippen molar-refractivity contribution in [3.05, 3.63) is 21.9 Å². The molecule has 1 aliphatic rings. The lowest BCUT2D eigenvalue weighted by molar-refractivity contribution is 0.0957. The van der Waals surface area contributed by atoms with Crippen LogP contribution in [0.3, 0.4) is 0 Å². The van der Waals surface area contributed by atoms with Crippen molar-refractivity contribution in [3.8, 4) is 0 Å². The molecule has 1 aromatic rings. The van der Waals surface area contributed by atoms with E-state index in [0.29, 0.717) is 4.88 Å². The zero-order valence-electron chi connectivity index (χ0n) is 10.8. The van der Waals surface area contributed by atoms with Crippen molar-refractivity contribution in [3.63, 3.8) is 0 Å². The van der Waals surface area contributed by atoms with Gasteiger partial charge in [0.05, 0.1) is 4.88 Å². The van der Waals surface area contributed by atoms with Crippen LogP contribution in [0.25, 0.3) is 0 Å². The number of hydrazine groups is 1. The highest BCUT2D eigenvalue weighted by Gasteiger charge is 2.24. The Balaban J connectivity index is 1.92. The normalized spacial score (nSPS) is 15.1. The molecule has 0 radical (unpaired) electrons. The van der Waals surface area contributed by atoms with E-state index >= 15 is 0 Å². The molecule has 1 heterocycles. The Labute approximate surface area is 112 Å². The Bertz CT molecular complexity index is 401. The fraction of sp³-hybridized carbons (Fsp3) is 0.615. The van der Waals surface area contributed by atoms with Crippen molar-refractivity contribution in [1.29, 1.82) is 0 Å². The number of rotatable bonds is 7. The number of nitrogens with two attached hydrogens (primary N) is 1. The molecule has 0 saturated heterocycles. The molecule has 5 heteroatoms. The second kappa shape index (κ2) is 6.31. The predicted octanol–water partition coefficient (Wildman–Crippen LogP) is 1.97. The first kappa shape index (κ1) is 13.5. The van der Waals surface area contributed by atoms with Gasteiger partial charge in [0.2, 0.25) is 0 Å². The molecule has 4 nitrogen and oxygen atoms in total. The summed E-state index contributed by atoms with van der Waals surface area (Å²) in [4.78, 5) is 15.8. The Hall–Kier alpha value is -0.910. The molecule has 0 atom stereocenters. The molecule has 3 N–H and O–H groups in total. The average molecular weight is 267 g/mol. The number of nitrogens with zero attached hydrogens (tertiary/aromatic N) is 1. The summed E-state index contributed by atoms with van der Waals surface area (Å²) in [5.41, 5.74) is 2.17. The summed E-state index contributed by atoms with van der Waals surface area (Å²) in [5.74, 6) is 5.84. The summed E-state index contributed by atoms with van der Waals surface area (Å²) in [6, 6.07) is 3.88. The Morgan fingerprint density at radius 2 is 2.33 bits per heavy atom. The Morgan fingerprint density at radius 1 is 1.56 bits per heavy atom. The fourth-order valence-corrected chi connectivity index (χ4v) is 3.05. The van der Waals surface area contributed by atoms with Gasteiger partial charge in [-0.1, -0.05) is 6.92 Å². The lowest BCUT2D eigenvalue weighted by atomic mass is 10.3. The molecule has 0 bridgehead atoms. The molecule has 1 fully saturated rings. The third kappa shape index (κ3) is 3.80. The summed E-state index contributed by atoms with van der Waals surface area (Å²) in [6.07, 6.45) is 3.94. The SMILES string of the molecule is CCCN(Cc1ccc(C(=O)NN)s1)CC1CC1. The van der Waals surface area contributed by atoms with Gasteiger partial charge in [-0.2, -0.15) is 0 Å². The topological polar surface area (TPSA) is 58.4 Å². The van der Waals surface area contributed by atoms with Crippen LogP contribution < -0.4 is 11.3 Å².